The number of anilines is 1. The van der Waals surface area contributed by atoms with Gasteiger partial charge in [-0.3, -0.25) is 10.1 Å². The second-order valence-corrected chi connectivity index (χ2v) is 5.69. The molecule has 0 aliphatic rings. The third-order valence-electron chi connectivity index (χ3n) is 4.13. The van der Waals surface area contributed by atoms with Crippen molar-refractivity contribution < 1.29 is 10.0 Å². The van der Waals surface area contributed by atoms with E-state index < -0.39 is 4.92 Å². The number of benzene rings is 2. The zero-order chi connectivity index (χ0) is 18.7. The number of nitro benzene ring substituents is 1. The molecule has 0 fully saturated rings. The Balaban J connectivity index is 1.85. The molecular weight excluding hydrogens is 334 g/mol. The fourth-order valence-corrected chi connectivity index (χ4v) is 2.72. The van der Waals surface area contributed by atoms with Crippen LogP contribution in [0.3, 0.4) is 0 Å². The number of aliphatic imine (C=N–C) groups is 1. The number of phenolic OH excluding ortho intramolecular Hbond substituents is 1. The lowest BCUT2D eigenvalue weighted by atomic mass is 10.2. The fraction of sp³-hybridized carbons (Fsp3) is 0.222. The molecule has 1 heterocycles. The molecule has 8 heteroatoms. The maximum atomic E-state index is 10.8. The van der Waals surface area contributed by atoms with Crippen molar-refractivity contribution in [3.8, 4) is 5.75 Å². The molecule has 0 unspecified atom stereocenters. The molecular formula is C18H19N5O3. The Bertz CT molecular complexity index is 976. The van der Waals surface area contributed by atoms with Gasteiger partial charge in [0, 0.05) is 48.8 Å². The summed E-state index contributed by atoms with van der Waals surface area (Å²) in [5.74, 6) is 0.442. The van der Waals surface area contributed by atoms with Gasteiger partial charge in [0.1, 0.15) is 5.75 Å². The highest BCUT2D eigenvalue weighted by Crippen LogP contribution is 2.25. The Hall–Kier alpha value is -3.42. The number of hydrogen-bond acceptors (Lipinski definition) is 6. The standard InChI is InChI=1S/C18H19N5O3/c1-3-22(4-2)13-6-5-12(17(24)10-13)11-19-18-20-15-8-7-14(23(25)26)9-16(15)21-18/h5-11,24H,3-4H2,1-2H3,(H,20,21). The number of aromatic hydroxyl groups is 1. The number of hydrogen-bond donors (Lipinski definition) is 2. The van der Waals surface area contributed by atoms with Crippen molar-refractivity contribution in [3.63, 3.8) is 0 Å². The number of nitro groups is 1. The Morgan fingerprint density at radius 2 is 2.04 bits per heavy atom. The predicted molar refractivity (Wildman–Crippen MR) is 102 cm³/mol. The van der Waals surface area contributed by atoms with E-state index in [4.69, 9.17) is 0 Å². The van der Waals surface area contributed by atoms with Crippen LogP contribution in [0.4, 0.5) is 17.3 Å². The number of non-ortho nitro benzene ring substituents is 1. The smallest absolute Gasteiger partial charge is 0.271 e. The summed E-state index contributed by atoms with van der Waals surface area (Å²) < 4.78 is 0. The Morgan fingerprint density at radius 3 is 2.69 bits per heavy atom. The van der Waals surface area contributed by atoms with E-state index >= 15 is 0 Å². The molecule has 8 nitrogen and oxygen atoms in total. The number of H-pyrrole nitrogens is 1. The third-order valence-corrected chi connectivity index (χ3v) is 4.13. The normalized spacial score (nSPS) is 11.3. The lowest BCUT2D eigenvalue weighted by molar-refractivity contribution is -0.384. The predicted octanol–water partition coefficient (Wildman–Crippen LogP) is 3.77. The van der Waals surface area contributed by atoms with Gasteiger partial charge in [-0.15, -0.1) is 0 Å². The monoisotopic (exact) mass is 353 g/mol. The van der Waals surface area contributed by atoms with E-state index in [1.165, 1.54) is 18.3 Å². The SMILES string of the molecule is CCN(CC)c1ccc(C=Nc2nc3ccc([N+](=O)[O-])cc3[nH]2)c(O)c1. The van der Waals surface area contributed by atoms with Crippen molar-refractivity contribution in [2.45, 2.75) is 13.8 Å². The lowest BCUT2D eigenvalue weighted by Crippen LogP contribution is -2.21. The molecule has 1 aromatic heterocycles. The fourth-order valence-electron chi connectivity index (χ4n) is 2.72. The average Bonchev–Trinajstić information content (AvgIpc) is 3.04. The first-order valence-electron chi connectivity index (χ1n) is 8.28. The minimum absolute atomic E-state index is 0.0127. The van der Waals surface area contributed by atoms with E-state index in [1.807, 2.05) is 6.07 Å². The zero-order valence-corrected chi connectivity index (χ0v) is 14.5. The van der Waals surface area contributed by atoms with Gasteiger partial charge in [0.05, 0.1) is 16.0 Å². The molecule has 0 saturated carbocycles. The first kappa shape index (κ1) is 17.4. The van der Waals surface area contributed by atoms with Crippen molar-refractivity contribution >= 4 is 34.6 Å². The molecule has 0 aliphatic carbocycles. The van der Waals surface area contributed by atoms with Gasteiger partial charge in [0.2, 0.25) is 5.95 Å². The van der Waals surface area contributed by atoms with Gasteiger partial charge in [0.15, 0.2) is 0 Å². The van der Waals surface area contributed by atoms with Crippen molar-refractivity contribution in [2.24, 2.45) is 4.99 Å². The van der Waals surface area contributed by atoms with E-state index in [0.29, 0.717) is 22.5 Å². The maximum Gasteiger partial charge on any atom is 0.271 e. The summed E-state index contributed by atoms with van der Waals surface area (Å²) in [5, 5.41) is 21.1. The summed E-state index contributed by atoms with van der Waals surface area (Å²) in [5.41, 5.74) is 2.62. The molecule has 2 N–H and O–H groups in total. The van der Waals surface area contributed by atoms with Gasteiger partial charge >= 0.3 is 0 Å². The van der Waals surface area contributed by atoms with Gasteiger partial charge in [-0.1, -0.05) is 0 Å². The number of phenols is 1. The van der Waals surface area contributed by atoms with Crippen LogP contribution in [0.15, 0.2) is 41.4 Å². The second kappa shape index (κ2) is 7.22. The molecule has 0 aliphatic heterocycles. The average molecular weight is 353 g/mol. The highest BCUT2D eigenvalue weighted by Gasteiger charge is 2.09. The lowest BCUT2D eigenvalue weighted by Gasteiger charge is -2.21. The third kappa shape index (κ3) is 3.49. The molecule has 134 valence electrons. The first-order chi connectivity index (χ1) is 12.5. The van der Waals surface area contributed by atoms with E-state index in [2.05, 4.69) is 33.7 Å². The number of nitrogens with zero attached hydrogens (tertiary/aromatic N) is 4. The minimum atomic E-state index is -0.460. The van der Waals surface area contributed by atoms with Crippen LogP contribution in [-0.2, 0) is 0 Å². The van der Waals surface area contributed by atoms with Crippen LogP contribution in [-0.4, -0.2) is 39.3 Å². The molecule has 3 aromatic rings. The number of aromatic amines is 1. The second-order valence-electron chi connectivity index (χ2n) is 5.69. The minimum Gasteiger partial charge on any atom is -0.507 e. The summed E-state index contributed by atoms with van der Waals surface area (Å²) in [7, 11) is 0. The highest BCUT2D eigenvalue weighted by molar-refractivity contribution is 5.87. The van der Waals surface area contributed by atoms with Gasteiger partial charge in [0.25, 0.3) is 5.69 Å². The molecule has 0 atom stereocenters. The zero-order valence-electron chi connectivity index (χ0n) is 14.5. The number of rotatable bonds is 6. The molecule has 0 bridgehead atoms. The number of nitrogens with one attached hydrogen (secondary N) is 1. The summed E-state index contributed by atoms with van der Waals surface area (Å²) in [4.78, 5) is 23.9. The van der Waals surface area contributed by atoms with E-state index in [9.17, 15) is 15.2 Å². The van der Waals surface area contributed by atoms with Crippen LogP contribution in [0.25, 0.3) is 11.0 Å². The Labute approximate surface area is 150 Å². The number of fused-ring (bicyclic) bond motifs is 1. The molecule has 0 saturated heterocycles. The van der Waals surface area contributed by atoms with E-state index in [0.717, 1.165) is 18.8 Å². The van der Waals surface area contributed by atoms with Crippen molar-refractivity contribution in [1.82, 2.24) is 9.97 Å². The molecule has 0 amide bonds. The summed E-state index contributed by atoms with van der Waals surface area (Å²) in [6, 6.07) is 9.80. The van der Waals surface area contributed by atoms with Gasteiger partial charge in [-0.05, 0) is 32.0 Å². The molecule has 0 spiro atoms. The largest absolute Gasteiger partial charge is 0.507 e. The molecule has 0 radical (unpaired) electrons. The van der Waals surface area contributed by atoms with E-state index in [1.54, 1.807) is 18.2 Å². The van der Waals surface area contributed by atoms with Crippen LogP contribution in [0.1, 0.15) is 19.4 Å². The molecule has 3 rings (SSSR count). The number of imidazole rings is 1. The quantitative estimate of drug-likeness (QED) is 0.398. The first-order valence-corrected chi connectivity index (χ1v) is 8.28. The summed E-state index contributed by atoms with van der Waals surface area (Å²) in [6.07, 6.45) is 1.51. The van der Waals surface area contributed by atoms with Crippen molar-refractivity contribution in [3.05, 3.63) is 52.1 Å². The van der Waals surface area contributed by atoms with Crippen LogP contribution in [0.5, 0.6) is 5.75 Å². The van der Waals surface area contributed by atoms with Crippen LogP contribution in [0, 0.1) is 10.1 Å². The topological polar surface area (TPSA) is 108 Å². The number of aromatic nitrogens is 2. The summed E-state index contributed by atoms with van der Waals surface area (Å²) >= 11 is 0. The highest BCUT2D eigenvalue weighted by atomic mass is 16.6. The Kier molecular flexibility index (Phi) is 4.83. The van der Waals surface area contributed by atoms with Gasteiger partial charge in [-0.2, -0.15) is 0 Å². The molecule has 26 heavy (non-hydrogen) atoms. The summed E-state index contributed by atoms with van der Waals surface area (Å²) in [6.45, 7) is 5.83. The van der Waals surface area contributed by atoms with Crippen LogP contribution < -0.4 is 4.90 Å². The van der Waals surface area contributed by atoms with Crippen LogP contribution >= 0.6 is 0 Å². The van der Waals surface area contributed by atoms with Gasteiger partial charge < -0.3 is 15.0 Å². The van der Waals surface area contributed by atoms with E-state index in [-0.39, 0.29) is 11.4 Å². The van der Waals surface area contributed by atoms with Crippen molar-refractivity contribution in [1.29, 1.82) is 0 Å². The maximum absolute atomic E-state index is 10.8. The van der Waals surface area contributed by atoms with Crippen molar-refractivity contribution in [2.75, 3.05) is 18.0 Å². The Morgan fingerprint density at radius 1 is 1.27 bits per heavy atom. The van der Waals surface area contributed by atoms with Gasteiger partial charge in [-0.25, -0.2) is 9.98 Å². The van der Waals surface area contributed by atoms with Crippen LogP contribution in [0.2, 0.25) is 0 Å². The molecule has 2 aromatic carbocycles.